The number of rotatable bonds is 3. The SMILES string of the molecule is O=C(O)[C@H]1O[C@@H](Oc2c3ccccc3cc3ccccc23)[C@H](O)[C@@H](O)[C@@H]1O. The molecule has 0 spiro atoms. The highest BCUT2D eigenvalue weighted by Crippen LogP contribution is 2.37. The number of carboxylic acids is 1. The second-order valence-corrected chi connectivity index (χ2v) is 6.50. The zero-order valence-electron chi connectivity index (χ0n) is 14.1. The molecule has 7 nitrogen and oxygen atoms in total. The minimum Gasteiger partial charge on any atom is -0.479 e. The zero-order valence-corrected chi connectivity index (χ0v) is 14.1. The maximum atomic E-state index is 11.3. The molecular weight excluding hydrogens is 352 g/mol. The highest BCUT2D eigenvalue weighted by atomic mass is 16.7. The Balaban J connectivity index is 1.81. The zero-order chi connectivity index (χ0) is 19.1. The Kier molecular flexibility index (Phi) is 4.45. The Labute approximate surface area is 154 Å². The number of aliphatic hydroxyl groups is 3. The Bertz CT molecular complexity index is 948. The summed E-state index contributed by atoms with van der Waals surface area (Å²) >= 11 is 0. The van der Waals surface area contributed by atoms with Crippen LogP contribution < -0.4 is 4.74 Å². The first-order valence-electron chi connectivity index (χ1n) is 8.47. The molecule has 0 radical (unpaired) electrons. The maximum Gasteiger partial charge on any atom is 0.335 e. The second-order valence-electron chi connectivity index (χ2n) is 6.50. The second kappa shape index (κ2) is 6.79. The van der Waals surface area contributed by atoms with E-state index in [-0.39, 0.29) is 0 Å². The molecule has 0 aliphatic carbocycles. The van der Waals surface area contributed by atoms with Gasteiger partial charge in [-0.2, -0.15) is 0 Å². The normalized spacial score (nSPS) is 28.3. The molecule has 0 saturated carbocycles. The Hall–Kier alpha value is -2.71. The third-order valence-electron chi connectivity index (χ3n) is 4.77. The Morgan fingerprint density at radius 3 is 1.96 bits per heavy atom. The fourth-order valence-electron chi connectivity index (χ4n) is 3.36. The minimum absolute atomic E-state index is 0.403. The molecule has 0 bridgehead atoms. The lowest BCUT2D eigenvalue weighted by Crippen LogP contribution is -2.61. The van der Waals surface area contributed by atoms with Crippen LogP contribution in [0.4, 0.5) is 0 Å². The van der Waals surface area contributed by atoms with Gasteiger partial charge in [0.15, 0.2) is 6.10 Å². The molecule has 0 amide bonds. The van der Waals surface area contributed by atoms with Crippen LogP contribution in [0.15, 0.2) is 54.6 Å². The van der Waals surface area contributed by atoms with E-state index in [1.54, 1.807) is 0 Å². The lowest BCUT2D eigenvalue weighted by atomic mass is 9.98. The van der Waals surface area contributed by atoms with E-state index < -0.39 is 36.7 Å². The molecule has 1 heterocycles. The first-order valence-corrected chi connectivity index (χ1v) is 8.47. The highest BCUT2D eigenvalue weighted by molar-refractivity contribution is 6.05. The monoisotopic (exact) mass is 370 g/mol. The van der Waals surface area contributed by atoms with Crippen LogP contribution in [-0.2, 0) is 9.53 Å². The van der Waals surface area contributed by atoms with Crippen molar-refractivity contribution in [2.45, 2.75) is 30.7 Å². The first-order chi connectivity index (χ1) is 13.0. The number of benzene rings is 3. The van der Waals surface area contributed by atoms with Gasteiger partial charge in [0.25, 0.3) is 0 Å². The molecule has 1 aliphatic heterocycles. The van der Waals surface area contributed by atoms with Crippen LogP contribution in [0.2, 0.25) is 0 Å². The highest BCUT2D eigenvalue weighted by Gasteiger charge is 2.48. The van der Waals surface area contributed by atoms with E-state index in [1.807, 2.05) is 54.6 Å². The molecule has 1 aliphatic rings. The van der Waals surface area contributed by atoms with Crippen LogP contribution in [0.25, 0.3) is 21.5 Å². The molecule has 1 saturated heterocycles. The van der Waals surface area contributed by atoms with Crippen molar-refractivity contribution in [1.82, 2.24) is 0 Å². The number of fused-ring (bicyclic) bond motifs is 2. The maximum absolute atomic E-state index is 11.3. The molecule has 4 rings (SSSR count). The van der Waals surface area contributed by atoms with Gasteiger partial charge < -0.3 is 29.9 Å². The molecule has 0 unspecified atom stereocenters. The topological polar surface area (TPSA) is 116 Å². The van der Waals surface area contributed by atoms with Crippen LogP contribution in [0.5, 0.6) is 5.75 Å². The third kappa shape index (κ3) is 3.00. The van der Waals surface area contributed by atoms with Crippen molar-refractivity contribution in [2.75, 3.05) is 0 Å². The number of ether oxygens (including phenoxy) is 2. The van der Waals surface area contributed by atoms with Crippen LogP contribution in [0.1, 0.15) is 0 Å². The summed E-state index contributed by atoms with van der Waals surface area (Å²) in [5.41, 5.74) is 0. The molecule has 27 heavy (non-hydrogen) atoms. The van der Waals surface area contributed by atoms with Gasteiger partial charge in [-0.1, -0.05) is 48.5 Å². The molecule has 5 atom stereocenters. The van der Waals surface area contributed by atoms with Crippen molar-refractivity contribution in [2.24, 2.45) is 0 Å². The molecule has 3 aromatic rings. The van der Waals surface area contributed by atoms with Gasteiger partial charge in [-0.3, -0.25) is 0 Å². The lowest BCUT2D eigenvalue weighted by molar-refractivity contribution is -0.270. The number of hydrogen-bond donors (Lipinski definition) is 4. The van der Waals surface area contributed by atoms with E-state index in [2.05, 4.69) is 0 Å². The van der Waals surface area contributed by atoms with Gasteiger partial charge >= 0.3 is 5.97 Å². The number of aliphatic hydroxyl groups excluding tert-OH is 3. The molecule has 7 heteroatoms. The van der Waals surface area contributed by atoms with Gasteiger partial charge in [-0.25, -0.2) is 4.79 Å². The Morgan fingerprint density at radius 2 is 1.41 bits per heavy atom. The molecule has 4 N–H and O–H groups in total. The van der Waals surface area contributed by atoms with Crippen molar-refractivity contribution in [1.29, 1.82) is 0 Å². The van der Waals surface area contributed by atoms with Gasteiger partial charge in [0.2, 0.25) is 6.29 Å². The lowest BCUT2D eigenvalue weighted by Gasteiger charge is -2.38. The Morgan fingerprint density at radius 1 is 0.852 bits per heavy atom. The van der Waals surface area contributed by atoms with E-state index in [9.17, 15) is 25.2 Å². The van der Waals surface area contributed by atoms with Gasteiger partial charge in [-0.15, -0.1) is 0 Å². The van der Waals surface area contributed by atoms with Gasteiger partial charge in [0.1, 0.15) is 24.1 Å². The van der Waals surface area contributed by atoms with E-state index >= 15 is 0 Å². The molecular formula is C20H18O7. The predicted octanol–water partition coefficient (Wildman–Crippen LogP) is 1.26. The number of carboxylic acid groups (broad SMARTS) is 1. The van der Waals surface area contributed by atoms with E-state index in [4.69, 9.17) is 9.47 Å². The quantitative estimate of drug-likeness (QED) is 0.513. The van der Waals surface area contributed by atoms with Gasteiger partial charge in [-0.05, 0) is 16.8 Å². The average molecular weight is 370 g/mol. The van der Waals surface area contributed by atoms with Crippen LogP contribution in [0.3, 0.4) is 0 Å². The average Bonchev–Trinajstić information content (AvgIpc) is 2.67. The molecule has 3 aromatic carbocycles. The summed E-state index contributed by atoms with van der Waals surface area (Å²) < 4.78 is 11.1. The van der Waals surface area contributed by atoms with Gasteiger partial charge in [0, 0.05) is 10.8 Å². The standard InChI is InChI=1S/C20H18O7/c21-14-15(22)18(19(24)25)27-20(16(14)23)26-17-12-7-3-1-5-10(12)9-11-6-2-4-8-13(11)17/h1-9,14-16,18,20-23H,(H,24,25)/t14-,15-,16+,18-,20+/m0/s1. The van der Waals surface area contributed by atoms with Crippen LogP contribution in [0, 0.1) is 0 Å². The molecule has 0 aromatic heterocycles. The summed E-state index contributed by atoms with van der Waals surface area (Å²) in [6, 6.07) is 16.9. The summed E-state index contributed by atoms with van der Waals surface area (Å²) in [6.07, 6.45) is -8.27. The summed E-state index contributed by atoms with van der Waals surface area (Å²) in [6.45, 7) is 0. The van der Waals surface area contributed by atoms with Crippen molar-refractivity contribution in [3.8, 4) is 5.75 Å². The van der Waals surface area contributed by atoms with Gasteiger partial charge in [0.05, 0.1) is 0 Å². The van der Waals surface area contributed by atoms with Crippen molar-refractivity contribution in [3.05, 3.63) is 54.6 Å². The first kappa shape index (κ1) is 17.7. The summed E-state index contributed by atoms with van der Waals surface area (Å²) in [4.78, 5) is 11.3. The third-order valence-corrected chi connectivity index (χ3v) is 4.77. The molecule has 140 valence electrons. The minimum atomic E-state index is -1.76. The van der Waals surface area contributed by atoms with Crippen LogP contribution >= 0.6 is 0 Å². The number of hydrogen-bond acceptors (Lipinski definition) is 6. The van der Waals surface area contributed by atoms with Crippen molar-refractivity contribution < 1.29 is 34.7 Å². The largest absolute Gasteiger partial charge is 0.479 e. The van der Waals surface area contributed by atoms with E-state index in [0.29, 0.717) is 5.75 Å². The van der Waals surface area contributed by atoms with Crippen molar-refractivity contribution >= 4 is 27.5 Å². The summed E-state index contributed by atoms with van der Waals surface area (Å²) in [5.74, 6) is -1.05. The van der Waals surface area contributed by atoms with Crippen molar-refractivity contribution in [3.63, 3.8) is 0 Å². The smallest absolute Gasteiger partial charge is 0.335 e. The van der Waals surface area contributed by atoms with E-state index in [0.717, 1.165) is 21.5 Å². The number of aliphatic carboxylic acids is 1. The fraction of sp³-hybridized carbons (Fsp3) is 0.250. The van der Waals surface area contributed by atoms with E-state index in [1.165, 1.54) is 0 Å². The predicted molar refractivity (Wildman–Crippen MR) is 96.4 cm³/mol. The number of carbonyl (C=O) groups is 1. The summed E-state index contributed by atoms with van der Waals surface area (Å²) in [5, 5.41) is 42.6. The summed E-state index contributed by atoms with van der Waals surface area (Å²) in [7, 11) is 0. The molecule has 1 fully saturated rings. The fourth-order valence-corrected chi connectivity index (χ4v) is 3.36. The van der Waals surface area contributed by atoms with Crippen LogP contribution in [-0.4, -0.2) is 57.1 Å².